The Labute approximate surface area is 154 Å². The van der Waals surface area contributed by atoms with Gasteiger partial charge in [0, 0.05) is 28.7 Å². The van der Waals surface area contributed by atoms with Gasteiger partial charge in [-0.1, -0.05) is 29.3 Å². The first kappa shape index (κ1) is 17.2. The van der Waals surface area contributed by atoms with Crippen molar-refractivity contribution in [1.29, 1.82) is 0 Å². The number of thiophene rings is 1. The smallest absolute Gasteiger partial charge is 0.229 e. The zero-order valence-corrected chi connectivity index (χ0v) is 15.3. The lowest BCUT2D eigenvalue weighted by Crippen LogP contribution is -2.35. The maximum Gasteiger partial charge on any atom is 0.229 e. The van der Waals surface area contributed by atoms with E-state index in [-0.39, 0.29) is 5.78 Å². The van der Waals surface area contributed by atoms with Gasteiger partial charge in [-0.15, -0.1) is 11.3 Å². The van der Waals surface area contributed by atoms with E-state index in [1.54, 1.807) is 18.2 Å². The van der Waals surface area contributed by atoms with E-state index >= 15 is 0 Å². The van der Waals surface area contributed by atoms with Crippen molar-refractivity contribution in [2.75, 3.05) is 31.2 Å². The quantitative estimate of drug-likeness (QED) is 0.534. The van der Waals surface area contributed by atoms with Gasteiger partial charge >= 0.3 is 0 Å². The van der Waals surface area contributed by atoms with Crippen LogP contribution in [0.15, 0.2) is 18.2 Å². The van der Waals surface area contributed by atoms with Gasteiger partial charge in [0.2, 0.25) is 5.69 Å². The highest BCUT2D eigenvalue weighted by Gasteiger charge is 2.27. The Kier molecular flexibility index (Phi) is 5.12. The summed E-state index contributed by atoms with van der Waals surface area (Å²) in [6.07, 6.45) is 0. The van der Waals surface area contributed by atoms with Crippen molar-refractivity contribution < 1.29 is 9.53 Å². The number of hydrogen-bond donors (Lipinski definition) is 0. The lowest BCUT2D eigenvalue weighted by Gasteiger charge is -2.28. The number of rotatable bonds is 3. The minimum absolute atomic E-state index is 0.0783. The van der Waals surface area contributed by atoms with Gasteiger partial charge in [0.1, 0.15) is 0 Å². The van der Waals surface area contributed by atoms with Crippen molar-refractivity contribution in [2.45, 2.75) is 6.92 Å². The molecular formula is C17H14Cl2N2O2S. The maximum absolute atomic E-state index is 12.2. The summed E-state index contributed by atoms with van der Waals surface area (Å²) < 4.78 is 5.38. The van der Waals surface area contributed by atoms with Crippen LogP contribution < -0.4 is 4.90 Å². The van der Waals surface area contributed by atoms with Crippen LogP contribution in [0.2, 0.25) is 10.0 Å². The highest BCUT2D eigenvalue weighted by Crippen LogP contribution is 2.50. The monoisotopic (exact) mass is 380 g/mol. The average molecular weight is 381 g/mol. The molecule has 0 saturated carbocycles. The Morgan fingerprint density at radius 2 is 2.04 bits per heavy atom. The first-order chi connectivity index (χ1) is 11.5. The Morgan fingerprint density at radius 3 is 2.62 bits per heavy atom. The predicted octanol–water partition coefficient (Wildman–Crippen LogP) is 5.31. The molecule has 0 unspecified atom stereocenters. The van der Waals surface area contributed by atoms with Gasteiger partial charge in [0.25, 0.3) is 0 Å². The molecule has 24 heavy (non-hydrogen) atoms. The molecule has 1 aliphatic heterocycles. The van der Waals surface area contributed by atoms with E-state index in [1.807, 2.05) is 0 Å². The number of ether oxygens (including phenoxy) is 1. The third-order valence-electron chi connectivity index (χ3n) is 3.80. The summed E-state index contributed by atoms with van der Waals surface area (Å²) in [6, 6.07) is 5.10. The number of carbonyl (C=O) groups excluding carboxylic acids is 1. The van der Waals surface area contributed by atoms with Crippen LogP contribution in [0.1, 0.15) is 16.6 Å². The molecule has 1 aromatic carbocycles. The molecule has 1 saturated heterocycles. The Balaban J connectivity index is 2.22. The van der Waals surface area contributed by atoms with Crippen molar-refractivity contribution in [2.24, 2.45) is 0 Å². The van der Waals surface area contributed by atoms with Crippen LogP contribution in [0, 0.1) is 6.57 Å². The third-order valence-corrected chi connectivity index (χ3v) is 5.68. The van der Waals surface area contributed by atoms with Crippen LogP contribution in [0.25, 0.3) is 16.0 Å². The van der Waals surface area contributed by atoms with Crippen LogP contribution in [-0.4, -0.2) is 32.1 Å². The zero-order valence-electron chi connectivity index (χ0n) is 12.9. The minimum Gasteiger partial charge on any atom is -0.378 e. The molecule has 7 heteroatoms. The van der Waals surface area contributed by atoms with Crippen molar-refractivity contribution in [1.82, 2.24) is 0 Å². The second kappa shape index (κ2) is 7.12. The standard InChI is InChI=1S/C17H14Cl2N2O2S/c1-10(22)16-14(12-4-3-11(18)9-13(12)19)15(20-2)17(24-16)21-5-7-23-8-6-21/h3-4,9H,5-8H2,1H3. The molecule has 1 aromatic heterocycles. The molecule has 4 nitrogen and oxygen atoms in total. The first-order valence-electron chi connectivity index (χ1n) is 7.36. The highest BCUT2D eigenvalue weighted by molar-refractivity contribution is 7.19. The summed E-state index contributed by atoms with van der Waals surface area (Å²) in [4.78, 5) is 18.5. The maximum atomic E-state index is 12.2. The summed E-state index contributed by atoms with van der Waals surface area (Å²) in [7, 11) is 0. The Morgan fingerprint density at radius 1 is 1.33 bits per heavy atom. The normalized spacial score (nSPS) is 14.5. The first-order valence-corrected chi connectivity index (χ1v) is 8.93. The van der Waals surface area contributed by atoms with E-state index in [1.165, 1.54) is 18.3 Å². The van der Waals surface area contributed by atoms with Crippen molar-refractivity contribution in [3.8, 4) is 11.1 Å². The molecule has 0 spiro atoms. The van der Waals surface area contributed by atoms with Crippen molar-refractivity contribution >= 4 is 51.0 Å². The number of Topliss-reactive ketones (excluding diaryl/α,β-unsaturated/α-hetero) is 1. The van der Waals surface area contributed by atoms with Crippen LogP contribution >= 0.6 is 34.5 Å². The zero-order chi connectivity index (χ0) is 17.3. The second-order valence-corrected chi connectivity index (χ2v) is 7.19. The topological polar surface area (TPSA) is 33.9 Å². The van der Waals surface area contributed by atoms with E-state index in [4.69, 9.17) is 34.5 Å². The van der Waals surface area contributed by atoms with Gasteiger partial charge in [0.15, 0.2) is 5.78 Å². The summed E-state index contributed by atoms with van der Waals surface area (Å²) in [5, 5.41) is 1.75. The molecule has 2 aromatic rings. The molecule has 0 N–H and O–H groups in total. The van der Waals surface area contributed by atoms with Crippen LogP contribution in [0.5, 0.6) is 0 Å². The van der Waals surface area contributed by atoms with Gasteiger partial charge < -0.3 is 9.64 Å². The van der Waals surface area contributed by atoms with Gasteiger partial charge in [-0.3, -0.25) is 4.79 Å². The van der Waals surface area contributed by atoms with Gasteiger partial charge in [0.05, 0.1) is 29.7 Å². The molecule has 0 bridgehead atoms. The van der Waals surface area contributed by atoms with Gasteiger partial charge in [-0.05, 0) is 24.6 Å². The number of nitrogens with zero attached hydrogens (tertiary/aromatic N) is 2. The lowest BCUT2D eigenvalue weighted by atomic mass is 10.0. The van der Waals surface area contributed by atoms with Crippen molar-refractivity contribution in [3.63, 3.8) is 0 Å². The highest BCUT2D eigenvalue weighted by atomic mass is 35.5. The molecule has 1 fully saturated rings. The molecule has 2 heterocycles. The molecule has 3 rings (SSSR count). The van der Waals surface area contributed by atoms with Crippen LogP contribution in [0.4, 0.5) is 10.7 Å². The number of halogens is 2. The molecule has 0 amide bonds. The summed E-state index contributed by atoms with van der Waals surface area (Å²) >= 11 is 13.7. The summed E-state index contributed by atoms with van der Waals surface area (Å²) in [5.41, 5.74) is 1.73. The SMILES string of the molecule is [C-]#[N+]c1c(N2CCOCC2)sc(C(C)=O)c1-c1ccc(Cl)cc1Cl. The number of carbonyl (C=O) groups is 1. The molecule has 0 aliphatic carbocycles. The molecule has 0 radical (unpaired) electrons. The van der Waals surface area contributed by atoms with E-state index in [0.717, 1.165) is 5.00 Å². The van der Waals surface area contributed by atoms with Crippen molar-refractivity contribution in [3.05, 3.63) is 44.5 Å². The Bertz CT molecular complexity index is 836. The average Bonchev–Trinajstić information content (AvgIpc) is 2.95. The van der Waals surface area contributed by atoms with Gasteiger partial charge in [-0.2, -0.15) is 0 Å². The van der Waals surface area contributed by atoms with Crippen LogP contribution in [0.3, 0.4) is 0 Å². The largest absolute Gasteiger partial charge is 0.378 e. The number of hydrogen-bond acceptors (Lipinski definition) is 4. The number of benzene rings is 1. The third kappa shape index (κ3) is 3.15. The number of anilines is 1. The fourth-order valence-corrected chi connectivity index (χ4v) is 4.39. The van der Waals surface area contributed by atoms with Crippen LogP contribution in [-0.2, 0) is 4.74 Å². The van der Waals surface area contributed by atoms with E-state index in [9.17, 15) is 4.79 Å². The van der Waals surface area contributed by atoms with E-state index in [2.05, 4.69) is 9.74 Å². The van der Waals surface area contributed by atoms with E-state index < -0.39 is 0 Å². The molecular weight excluding hydrogens is 367 g/mol. The molecule has 124 valence electrons. The summed E-state index contributed by atoms with van der Waals surface area (Å²) in [6.45, 7) is 11.8. The number of morpholine rings is 1. The second-order valence-electron chi connectivity index (χ2n) is 5.35. The minimum atomic E-state index is -0.0783. The Hall–Kier alpha value is -1.58. The predicted molar refractivity (Wildman–Crippen MR) is 99.1 cm³/mol. The molecule has 1 aliphatic rings. The number of ketones is 1. The lowest BCUT2D eigenvalue weighted by molar-refractivity contribution is 0.102. The van der Waals surface area contributed by atoms with E-state index in [0.29, 0.717) is 58.0 Å². The fraction of sp³-hybridized carbons (Fsp3) is 0.294. The molecule has 0 atom stereocenters. The van der Waals surface area contributed by atoms with Gasteiger partial charge in [-0.25, -0.2) is 4.85 Å². The fourth-order valence-electron chi connectivity index (χ4n) is 2.68. The summed E-state index contributed by atoms with van der Waals surface area (Å²) in [5.74, 6) is -0.0783.